The summed E-state index contributed by atoms with van der Waals surface area (Å²) in [6.45, 7) is 1.43. The first-order chi connectivity index (χ1) is 14.2. The Kier molecular flexibility index (Phi) is 4.67. The highest BCUT2D eigenvalue weighted by atomic mass is 19.1. The molecule has 1 aliphatic carbocycles. The molecule has 29 heavy (non-hydrogen) atoms. The van der Waals surface area contributed by atoms with E-state index in [9.17, 15) is 4.39 Å². The molecular formula is C20H24FN7O. The molecule has 0 atom stereocenters. The molecule has 152 valence electrons. The lowest BCUT2D eigenvalue weighted by Gasteiger charge is -2.29. The Morgan fingerprint density at radius 1 is 1.03 bits per heavy atom. The van der Waals surface area contributed by atoms with Crippen molar-refractivity contribution >= 4 is 28.4 Å². The first-order valence-electron chi connectivity index (χ1n) is 10.1. The van der Waals surface area contributed by atoms with Gasteiger partial charge in [0.05, 0.1) is 11.0 Å². The van der Waals surface area contributed by atoms with Crippen LogP contribution in [0.3, 0.4) is 0 Å². The summed E-state index contributed by atoms with van der Waals surface area (Å²) in [5.41, 5.74) is 8.22. The van der Waals surface area contributed by atoms with Gasteiger partial charge in [0.25, 0.3) is 0 Å². The Bertz CT molecular complexity index is 1030. The molecule has 0 unspecified atom stereocenters. The third-order valence-electron chi connectivity index (χ3n) is 5.67. The molecule has 3 heterocycles. The summed E-state index contributed by atoms with van der Waals surface area (Å²) < 4.78 is 21.0. The number of nitrogens with two attached hydrogens (primary N) is 1. The Labute approximate surface area is 167 Å². The van der Waals surface area contributed by atoms with Gasteiger partial charge < -0.3 is 21.1 Å². The second kappa shape index (κ2) is 7.47. The molecule has 5 rings (SSSR count). The lowest BCUT2D eigenvalue weighted by Crippen LogP contribution is -2.30. The minimum atomic E-state index is -0.330. The van der Waals surface area contributed by atoms with Gasteiger partial charge in [-0.2, -0.15) is 9.97 Å². The van der Waals surface area contributed by atoms with E-state index in [1.807, 2.05) is 0 Å². The number of nitrogens with one attached hydrogen (secondary N) is 2. The second-order valence-electron chi connectivity index (χ2n) is 7.69. The minimum Gasteiger partial charge on any atom is -0.393 e. The van der Waals surface area contributed by atoms with E-state index < -0.39 is 0 Å². The molecule has 2 aromatic heterocycles. The number of imidazole rings is 1. The van der Waals surface area contributed by atoms with Crippen molar-refractivity contribution in [1.29, 1.82) is 0 Å². The van der Waals surface area contributed by atoms with Gasteiger partial charge in [-0.05, 0) is 44.2 Å². The number of hydrogen-bond donors (Lipinski definition) is 3. The molecule has 8 nitrogen and oxygen atoms in total. The van der Waals surface area contributed by atoms with Gasteiger partial charge in [0.2, 0.25) is 5.95 Å². The van der Waals surface area contributed by atoms with E-state index in [1.165, 1.54) is 18.6 Å². The highest BCUT2D eigenvalue weighted by Gasteiger charge is 2.23. The number of fused-ring (bicyclic) bond motifs is 1. The zero-order chi connectivity index (χ0) is 19.8. The molecular weight excluding hydrogens is 373 g/mol. The fourth-order valence-corrected chi connectivity index (χ4v) is 3.71. The van der Waals surface area contributed by atoms with E-state index in [0.29, 0.717) is 53.6 Å². The Hall–Kier alpha value is -2.94. The molecule has 1 aliphatic heterocycles. The number of anilines is 3. The maximum absolute atomic E-state index is 13.8. The van der Waals surface area contributed by atoms with Crippen LogP contribution in [0.15, 0.2) is 24.5 Å². The average Bonchev–Trinajstić information content (AvgIpc) is 3.11. The van der Waals surface area contributed by atoms with Crippen LogP contribution < -0.4 is 16.4 Å². The van der Waals surface area contributed by atoms with Gasteiger partial charge in [-0.1, -0.05) is 0 Å². The predicted octanol–water partition coefficient (Wildman–Crippen LogP) is 3.09. The number of halogens is 1. The van der Waals surface area contributed by atoms with Crippen LogP contribution in [-0.2, 0) is 4.74 Å². The Morgan fingerprint density at radius 2 is 1.72 bits per heavy atom. The third kappa shape index (κ3) is 3.57. The molecule has 0 radical (unpaired) electrons. The van der Waals surface area contributed by atoms with Crippen LogP contribution in [0, 0.1) is 5.82 Å². The van der Waals surface area contributed by atoms with Crippen molar-refractivity contribution in [3.8, 4) is 5.95 Å². The molecule has 1 saturated heterocycles. The van der Waals surface area contributed by atoms with Crippen molar-refractivity contribution in [1.82, 2.24) is 19.5 Å². The van der Waals surface area contributed by atoms with E-state index in [4.69, 9.17) is 10.5 Å². The predicted molar refractivity (Wildman–Crippen MR) is 110 cm³/mol. The van der Waals surface area contributed by atoms with E-state index in [1.54, 1.807) is 17.0 Å². The van der Waals surface area contributed by atoms with Crippen molar-refractivity contribution < 1.29 is 9.13 Å². The molecule has 0 amide bonds. The smallest absolute Gasteiger partial charge is 0.239 e. The van der Waals surface area contributed by atoms with Crippen molar-refractivity contribution in [3.05, 3.63) is 30.3 Å². The SMILES string of the molecule is Nc1c(NC2CCC2)nc(-n2cnc3ccc(F)cc32)nc1NC1CCOCC1. The van der Waals surface area contributed by atoms with Gasteiger partial charge in [0.15, 0.2) is 11.6 Å². The molecule has 0 bridgehead atoms. The van der Waals surface area contributed by atoms with Crippen molar-refractivity contribution in [3.63, 3.8) is 0 Å². The number of nitrogen functional groups attached to an aromatic ring is 1. The van der Waals surface area contributed by atoms with E-state index in [0.717, 1.165) is 25.7 Å². The van der Waals surface area contributed by atoms with Crippen molar-refractivity contribution in [2.24, 2.45) is 0 Å². The highest BCUT2D eigenvalue weighted by molar-refractivity contribution is 5.79. The first kappa shape index (κ1) is 18.1. The zero-order valence-electron chi connectivity index (χ0n) is 16.1. The molecule has 2 aliphatic rings. The summed E-state index contributed by atoms with van der Waals surface area (Å²) in [5, 5.41) is 6.89. The summed E-state index contributed by atoms with van der Waals surface area (Å²) >= 11 is 0. The third-order valence-corrected chi connectivity index (χ3v) is 5.67. The van der Waals surface area contributed by atoms with Crippen LogP contribution in [0.2, 0.25) is 0 Å². The topological polar surface area (TPSA) is 103 Å². The van der Waals surface area contributed by atoms with Gasteiger partial charge in [0.1, 0.15) is 17.8 Å². The number of aromatic nitrogens is 4. The molecule has 0 spiro atoms. The number of ether oxygens (including phenoxy) is 1. The zero-order valence-corrected chi connectivity index (χ0v) is 16.1. The molecule has 2 fully saturated rings. The number of rotatable bonds is 5. The Balaban J connectivity index is 1.56. The van der Waals surface area contributed by atoms with Crippen LogP contribution in [0.1, 0.15) is 32.1 Å². The van der Waals surface area contributed by atoms with E-state index in [2.05, 4.69) is 25.6 Å². The van der Waals surface area contributed by atoms with Crippen LogP contribution in [0.4, 0.5) is 21.7 Å². The normalized spacial score (nSPS) is 18.0. The first-order valence-corrected chi connectivity index (χ1v) is 10.1. The van der Waals surface area contributed by atoms with Gasteiger partial charge in [-0.15, -0.1) is 0 Å². The Morgan fingerprint density at radius 3 is 2.38 bits per heavy atom. The molecule has 9 heteroatoms. The van der Waals surface area contributed by atoms with E-state index >= 15 is 0 Å². The molecule has 3 aromatic rings. The summed E-state index contributed by atoms with van der Waals surface area (Å²) in [6, 6.07) is 5.08. The van der Waals surface area contributed by atoms with Gasteiger partial charge in [-0.3, -0.25) is 4.57 Å². The lowest BCUT2D eigenvalue weighted by molar-refractivity contribution is 0.0904. The van der Waals surface area contributed by atoms with Crippen molar-refractivity contribution in [2.45, 2.75) is 44.2 Å². The second-order valence-corrected chi connectivity index (χ2v) is 7.69. The summed E-state index contributed by atoms with van der Waals surface area (Å²) in [7, 11) is 0. The van der Waals surface area contributed by atoms with Gasteiger partial charge >= 0.3 is 0 Å². The fraction of sp³-hybridized carbons (Fsp3) is 0.450. The molecule has 4 N–H and O–H groups in total. The summed E-state index contributed by atoms with van der Waals surface area (Å²) in [5.74, 6) is 1.27. The number of hydrogen-bond acceptors (Lipinski definition) is 7. The fourth-order valence-electron chi connectivity index (χ4n) is 3.71. The largest absolute Gasteiger partial charge is 0.393 e. The standard InChI is InChI=1S/C20H24FN7O/c21-12-4-5-15-16(10-12)28(11-23-15)20-26-18(24-13-2-1-3-13)17(22)19(27-20)25-14-6-8-29-9-7-14/h4-5,10-11,13-14H,1-3,6-9,22H2,(H2,24,25,26,27). The lowest BCUT2D eigenvalue weighted by atomic mass is 9.93. The van der Waals surface area contributed by atoms with Crippen LogP contribution >= 0.6 is 0 Å². The van der Waals surface area contributed by atoms with Crippen molar-refractivity contribution in [2.75, 3.05) is 29.6 Å². The summed E-state index contributed by atoms with van der Waals surface area (Å²) in [4.78, 5) is 13.7. The minimum absolute atomic E-state index is 0.238. The molecule has 1 saturated carbocycles. The monoisotopic (exact) mass is 397 g/mol. The van der Waals surface area contributed by atoms with E-state index in [-0.39, 0.29) is 11.9 Å². The summed E-state index contributed by atoms with van der Waals surface area (Å²) in [6.07, 6.45) is 6.79. The highest BCUT2D eigenvalue weighted by Crippen LogP contribution is 2.31. The maximum atomic E-state index is 13.8. The molecule has 1 aromatic carbocycles. The van der Waals surface area contributed by atoms with Gasteiger partial charge in [-0.25, -0.2) is 9.37 Å². The van der Waals surface area contributed by atoms with Crippen LogP contribution in [0.5, 0.6) is 0 Å². The maximum Gasteiger partial charge on any atom is 0.239 e. The number of benzene rings is 1. The van der Waals surface area contributed by atoms with Gasteiger partial charge in [0, 0.05) is 31.4 Å². The average molecular weight is 397 g/mol. The van der Waals surface area contributed by atoms with Crippen LogP contribution in [0.25, 0.3) is 17.0 Å². The van der Waals surface area contributed by atoms with Crippen LogP contribution in [-0.4, -0.2) is 44.8 Å². The quantitative estimate of drug-likeness (QED) is 0.608. The number of nitrogens with zero attached hydrogens (tertiary/aromatic N) is 4.